The van der Waals surface area contributed by atoms with Crippen molar-refractivity contribution >= 4 is 75.9 Å². The number of hydrogen-bond donors (Lipinski definition) is 1. The molecule has 0 spiro atoms. The summed E-state index contributed by atoms with van der Waals surface area (Å²) in [6.45, 7) is 0. The van der Waals surface area contributed by atoms with E-state index in [1.807, 2.05) is 0 Å². The van der Waals surface area contributed by atoms with Crippen molar-refractivity contribution in [2.75, 3.05) is 0 Å². The van der Waals surface area contributed by atoms with Crippen LogP contribution in [0.1, 0.15) is 0 Å². The van der Waals surface area contributed by atoms with Crippen LogP contribution in [0, 0.1) is 0 Å². The van der Waals surface area contributed by atoms with Crippen LogP contribution >= 0.6 is 0 Å². The third-order valence-electron chi connectivity index (χ3n) is 8.29. The van der Waals surface area contributed by atoms with E-state index in [0.717, 1.165) is 5.52 Å². The number of fused-ring (bicyclic) bond motifs is 13. The summed E-state index contributed by atoms with van der Waals surface area (Å²) in [7, 11) is 0. The standard InChI is InChI=1S/C36H22N2/c1-2-11-25-23(9-1)24-10-3-4-14-28(24)35-29(25)18-20-32-36(35)30-21-22(17-19-31(30)37-32)38-33-15-7-5-12-26(33)27-13-6-8-16-34(27)38/h1-21,37H. The lowest BCUT2D eigenvalue weighted by Gasteiger charge is -2.12. The fourth-order valence-corrected chi connectivity index (χ4v) is 6.71. The van der Waals surface area contributed by atoms with Crippen molar-refractivity contribution in [1.29, 1.82) is 0 Å². The van der Waals surface area contributed by atoms with Gasteiger partial charge >= 0.3 is 0 Å². The number of hydrogen-bond acceptors (Lipinski definition) is 0. The van der Waals surface area contributed by atoms with Crippen molar-refractivity contribution in [3.63, 3.8) is 0 Å². The quantitative estimate of drug-likeness (QED) is 0.225. The van der Waals surface area contributed by atoms with Gasteiger partial charge in [0, 0.05) is 43.7 Å². The van der Waals surface area contributed by atoms with E-state index in [-0.39, 0.29) is 0 Å². The Kier molecular flexibility index (Phi) is 3.82. The number of rotatable bonds is 1. The fourth-order valence-electron chi connectivity index (χ4n) is 6.71. The first-order valence-electron chi connectivity index (χ1n) is 13.1. The molecule has 0 fully saturated rings. The highest BCUT2D eigenvalue weighted by Gasteiger charge is 2.16. The predicted molar refractivity (Wildman–Crippen MR) is 163 cm³/mol. The molecule has 9 rings (SSSR count). The molecule has 0 aliphatic carbocycles. The third-order valence-corrected chi connectivity index (χ3v) is 8.29. The average Bonchev–Trinajstić information content (AvgIpc) is 3.52. The molecule has 0 aliphatic heterocycles. The van der Waals surface area contributed by atoms with E-state index in [1.165, 1.54) is 76.1 Å². The Morgan fingerprint density at radius 1 is 0.368 bits per heavy atom. The first-order valence-corrected chi connectivity index (χ1v) is 13.1. The molecule has 0 aliphatic rings. The molecule has 7 aromatic carbocycles. The van der Waals surface area contributed by atoms with E-state index in [1.54, 1.807) is 0 Å². The topological polar surface area (TPSA) is 20.7 Å². The van der Waals surface area contributed by atoms with Crippen LogP contribution in [0.2, 0.25) is 0 Å². The second-order valence-electron chi connectivity index (χ2n) is 10.2. The van der Waals surface area contributed by atoms with Crippen molar-refractivity contribution in [3.05, 3.63) is 127 Å². The zero-order chi connectivity index (χ0) is 24.8. The molecule has 0 amide bonds. The first kappa shape index (κ1) is 20.0. The number of nitrogens with one attached hydrogen (secondary N) is 1. The Morgan fingerprint density at radius 2 is 0.868 bits per heavy atom. The minimum atomic E-state index is 1.16. The van der Waals surface area contributed by atoms with Gasteiger partial charge in [0.2, 0.25) is 0 Å². The molecular weight excluding hydrogens is 460 g/mol. The van der Waals surface area contributed by atoms with E-state index < -0.39 is 0 Å². The van der Waals surface area contributed by atoms with Gasteiger partial charge in [-0.3, -0.25) is 0 Å². The summed E-state index contributed by atoms with van der Waals surface area (Å²) >= 11 is 0. The van der Waals surface area contributed by atoms with E-state index in [0.29, 0.717) is 0 Å². The Labute approximate surface area is 218 Å². The number of H-pyrrole nitrogens is 1. The van der Waals surface area contributed by atoms with Crippen molar-refractivity contribution < 1.29 is 0 Å². The van der Waals surface area contributed by atoms with Gasteiger partial charge in [-0.15, -0.1) is 0 Å². The summed E-state index contributed by atoms with van der Waals surface area (Å²) in [4.78, 5) is 3.72. The zero-order valence-electron chi connectivity index (χ0n) is 20.6. The first-order chi connectivity index (χ1) is 18.9. The Bertz CT molecular complexity index is 2310. The van der Waals surface area contributed by atoms with Gasteiger partial charge in [-0.25, -0.2) is 0 Å². The van der Waals surface area contributed by atoms with Gasteiger partial charge in [-0.1, -0.05) is 91.0 Å². The van der Waals surface area contributed by atoms with E-state index in [9.17, 15) is 0 Å². The SMILES string of the molecule is c1ccc2c(c1)c1ccccc1c1c2ccc2[nH]c3ccc(-n4c5ccccc5c5ccccc54)cc3c21. The van der Waals surface area contributed by atoms with Crippen LogP contribution < -0.4 is 0 Å². The Hall–Kier alpha value is -5.08. The molecule has 2 heteroatoms. The van der Waals surface area contributed by atoms with Crippen molar-refractivity contribution in [2.24, 2.45) is 0 Å². The second-order valence-corrected chi connectivity index (χ2v) is 10.2. The molecule has 2 aromatic heterocycles. The number of aromatic amines is 1. The van der Waals surface area contributed by atoms with Crippen LogP contribution in [0.15, 0.2) is 127 Å². The third kappa shape index (κ3) is 2.51. The lowest BCUT2D eigenvalue weighted by Crippen LogP contribution is -1.93. The molecule has 0 atom stereocenters. The largest absolute Gasteiger partial charge is 0.354 e. The minimum Gasteiger partial charge on any atom is -0.354 e. The van der Waals surface area contributed by atoms with Crippen LogP contribution in [0.4, 0.5) is 0 Å². The molecule has 2 nitrogen and oxygen atoms in total. The highest BCUT2D eigenvalue weighted by molar-refractivity contribution is 6.35. The maximum absolute atomic E-state index is 3.72. The van der Waals surface area contributed by atoms with Crippen molar-refractivity contribution in [3.8, 4) is 5.69 Å². The van der Waals surface area contributed by atoms with Gasteiger partial charge in [0.05, 0.1) is 11.0 Å². The van der Waals surface area contributed by atoms with Gasteiger partial charge in [-0.05, 0) is 63.3 Å². The second kappa shape index (κ2) is 7.24. The maximum atomic E-state index is 3.72. The average molecular weight is 483 g/mol. The maximum Gasteiger partial charge on any atom is 0.0541 e. The number of nitrogens with zero attached hydrogens (tertiary/aromatic N) is 1. The van der Waals surface area contributed by atoms with Crippen molar-refractivity contribution in [1.82, 2.24) is 9.55 Å². The number of benzene rings is 7. The lowest BCUT2D eigenvalue weighted by molar-refractivity contribution is 1.19. The number of para-hydroxylation sites is 2. The Balaban J connectivity index is 1.47. The molecule has 0 unspecified atom stereocenters. The van der Waals surface area contributed by atoms with Crippen LogP contribution in [-0.4, -0.2) is 9.55 Å². The van der Waals surface area contributed by atoms with Gasteiger partial charge in [0.1, 0.15) is 0 Å². The fraction of sp³-hybridized carbons (Fsp3) is 0. The highest BCUT2D eigenvalue weighted by Crippen LogP contribution is 2.42. The highest BCUT2D eigenvalue weighted by atomic mass is 15.0. The molecule has 1 N–H and O–H groups in total. The predicted octanol–water partition coefficient (Wildman–Crippen LogP) is 9.88. The van der Waals surface area contributed by atoms with E-state index in [2.05, 4.69) is 137 Å². The summed E-state index contributed by atoms with van der Waals surface area (Å²) < 4.78 is 2.40. The minimum absolute atomic E-state index is 1.16. The van der Waals surface area contributed by atoms with Crippen molar-refractivity contribution in [2.45, 2.75) is 0 Å². The molecule has 0 radical (unpaired) electrons. The molecule has 9 aromatic rings. The summed E-state index contributed by atoms with van der Waals surface area (Å²) in [5.41, 5.74) is 5.97. The zero-order valence-corrected chi connectivity index (χ0v) is 20.6. The number of aromatic nitrogens is 2. The van der Waals surface area contributed by atoms with Gasteiger partial charge in [0.25, 0.3) is 0 Å². The van der Waals surface area contributed by atoms with Gasteiger partial charge < -0.3 is 9.55 Å². The normalized spacial score (nSPS) is 12.2. The summed E-state index contributed by atoms with van der Waals surface area (Å²) in [5, 5.41) is 12.9. The molecular formula is C36H22N2. The van der Waals surface area contributed by atoms with Gasteiger partial charge in [-0.2, -0.15) is 0 Å². The molecule has 0 bridgehead atoms. The van der Waals surface area contributed by atoms with Crippen LogP contribution in [0.3, 0.4) is 0 Å². The molecule has 0 saturated heterocycles. The smallest absolute Gasteiger partial charge is 0.0541 e. The summed E-state index contributed by atoms with van der Waals surface area (Å²) in [5.74, 6) is 0. The molecule has 0 saturated carbocycles. The van der Waals surface area contributed by atoms with Crippen LogP contribution in [0.25, 0.3) is 81.6 Å². The Morgan fingerprint density at radius 3 is 1.53 bits per heavy atom. The van der Waals surface area contributed by atoms with Crippen LogP contribution in [-0.2, 0) is 0 Å². The summed E-state index contributed by atoms with van der Waals surface area (Å²) in [6.07, 6.45) is 0. The van der Waals surface area contributed by atoms with Crippen LogP contribution in [0.5, 0.6) is 0 Å². The molecule has 38 heavy (non-hydrogen) atoms. The summed E-state index contributed by atoms with van der Waals surface area (Å²) in [6, 6.07) is 46.5. The van der Waals surface area contributed by atoms with Gasteiger partial charge in [0.15, 0.2) is 0 Å². The van der Waals surface area contributed by atoms with E-state index in [4.69, 9.17) is 0 Å². The monoisotopic (exact) mass is 482 g/mol. The molecule has 2 heterocycles. The van der Waals surface area contributed by atoms with E-state index >= 15 is 0 Å². The lowest BCUT2D eigenvalue weighted by atomic mass is 9.92. The molecule has 176 valence electrons.